The Morgan fingerprint density at radius 1 is 1.35 bits per heavy atom. The Bertz CT molecular complexity index is 854. The SMILES string of the molecule is COc1ccc(S(=O)(=O)NC(=O)C=Cc2csc(C)n2)cc1C. The van der Waals surface area contributed by atoms with Crippen molar-refractivity contribution >= 4 is 33.3 Å². The fraction of sp³-hybridized carbons (Fsp3) is 0.200. The van der Waals surface area contributed by atoms with Crippen molar-refractivity contribution in [3.05, 3.63) is 45.9 Å². The molecule has 8 heteroatoms. The quantitative estimate of drug-likeness (QED) is 0.835. The summed E-state index contributed by atoms with van der Waals surface area (Å²) in [6.07, 6.45) is 2.61. The lowest BCUT2D eigenvalue weighted by atomic mass is 10.2. The first kappa shape index (κ1) is 17.2. The van der Waals surface area contributed by atoms with Gasteiger partial charge in [0.15, 0.2) is 0 Å². The van der Waals surface area contributed by atoms with E-state index in [0.29, 0.717) is 17.0 Å². The minimum Gasteiger partial charge on any atom is -0.496 e. The summed E-state index contributed by atoms with van der Waals surface area (Å²) >= 11 is 1.45. The lowest BCUT2D eigenvalue weighted by molar-refractivity contribution is -0.114. The second-order valence-electron chi connectivity index (χ2n) is 4.73. The molecule has 0 bridgehead atoms. The van der Waals surface area contributed by atoms with Gasteiger partial charge in [-0.25, -0.2) is 18.1 Å². The number of ether oxygens (including phenoxy) is 1. The van der Waals surface area contributed by atoms with Crippen LogP contribution in [-0.2, 0) is 14.8 Å². The Morgan fingerprint density at radius 3 is 2.65 bits per heavy atom. The van der Waals surface area contributed by atoms with E-state index in [1.54, 1.807) is 18.4 Å². The molecule has 0 spiro atoms. The molecular weight excluding hydrogens is 336 g/mol. The van der Waals surface area contributed by atoms with Crippen LogP contribution >= 0.6 is 11.3 Å². The third kappa shape index (κ3) is 4.40. The van der Waals surface area contributed by atoms with Gasteiger partial charge in [0.25, 0.3) is 15.9 Å². The maximum atomic E-state index is 12.2. The maximum absolute atomic E-state index is 12.2. The van der Waals surface area contributed by atoms with E-state index >= 15 is 0 Å². The first-order chi connectivity index (χ1) is 10.8. The van der Waals surface area contributed by atoms with Crippen LogP contribution in [0.2, 0.25) is 0 Å². The standard InChI is InChI=1S/C15H16N2O4S2/c1-10-8-13(5-6-14(10)21-3)23(19,20)17-15(18)7-4-12-9-22-11(2)16-12/h4-9H,1-3H3,(H,17,18). The lowest BCUT2D eigenvalue weighted by Gasteiger charge is -2.08. The van der Waals surface area contributed by atoms with Crippen LogP contribution in [0.4, 0.5) is 0 Å². The number of thiazole rings is 1. The van der Waals surface area contributed by atoms with Crippen molar-refractivity contribution in [3.8, 4) is 5.75 Å². The molecule has 0 atom stereocenters. The number of carbonyl (C=O) groups excluding carboxylic acids is 1. The van der Waals surface area contributed by atoms with Gasteiger partial charge in [-0.3, -0.25) is 4.79 Å². The molecule has 0 saturated heterocycles. The summed E-state index contributed by atoms with van der Waals surface area (Å²) in [7, 11) is -2.43. The maximum Gasteiger partial charge on any atom is 0.264 e. The number of nitrogens with zero attached hydrogens (tertiary/aromatic N) is 1. The van der Waals surface area contributed by atoms with Crippen LogP contribution in [0.5, 0.6) is 5.75 Å². The van der Waals surface area contributed by atoms with Gasteiger partial charge >= 0.3 is 0 Å². The molecule has 1 N–H and O–H groups in total. The number of amides is 1. The molecule has 6 nitrogen and oxygen atoms in total. The first-order valence-corrected chi connectivity index (χ1v) is 9.00. The second kappa shape index (κ2) is 6.93. The highest BCUT2D eigenvalue weighted by atomic mass is 32.2. The molecule has 0 radical (unpaired) electrons. The molecule has 0 saturated carbocycles. The van der Waals surface area contributed by atoms with Gasteiger partial charge in [-0.1, -0.05) is 0 Å². The van der Waals surface area contributed by atoms with Gasteiger partial charge in [-0.2, -0.15) is 0 Å². The predicted octanol–water partition coefficient (Wildman–Crippen LogP) is 2.29. The molecule has 122 valence electrons. The molecule has 1 aromatic heterocycles. The van der Waals surface area contributed by atoms with E-state index in [9.17, 15) is 13.2 Å². The Kier molecular flexibility index (Phi) is 5.17. The smallest absolute Gasteiger partial charge is 0.264 e. The van der Waals surface area contributed by atoms with Crippen LogP contribution in [0.1, 0.15) is 16.3 Å². The Labute approximate surface area is 138 Å². The summed E-state index contributed by atoms with van der Waals surface area (Å²) in [5, 5.41) is 2.65. The Morgan fingerprint density at radius 2 is 2.09 bits per heavy atom. The number of aryl methyl sites for hydroxylation is 2. The molecular formula is C15H16N2O4S2. The molecule has 1 aromatic carbocycles. The van der Waals surface area contributed by atoms with Gasteiger partial charge in [-0.05, 0) is 43.7 Å². The van der Waals surface area contributed by atoms with Gasteiger partial charge in [0.2, 0.25) is 0 Å². The van der Waals surface area contributed by atoms with Crippen molar-refractivity contribution < 1.29 is 17.9 Å². The fourth-order valence-electron chi connectivity index (χ4n) is 1.86. The summed E-state index contributed by atoms with van der Waals surface area (Å²) < 4.78 is 31.5. The van der Waals surface area contributed by atoms with Gasteiger partial charge < -0.3 is 4.74 Å². The van der Waals surface area contributed by atoms with Crippen molar-refractivity contribution in [2.75, 3.05) is 7.11 Å². The van der Waals surface area contributed by atoms with Crippen molar-refractivity contribution in [2.24, 2.45) is 0 Å². The molecule has 1 heterocycles. The van der Waals surface area contributed by atoms with E-state index in [2.05, 4.69) is 4.98 Å². The third-order valence-electron chi connectivity index (χ3n) is 2.95. The van der Waals surface area contributed by atoms with E-state index in [1.165, 1.54) is 36.7 Å². The largest absolute Gasteiger partial charge is 0.496 e. The van der Waals surface area contributed by atoms with E-state index in [1.807, 2.05) is 11.6 Å². The van der Waals surface area contributed by atoms with Crippen LogP contribution in [-0.4, -0.2) is 26.4 Å². The normalized spacial score (nSPS) is 11.6. The van der Waals surface area contributed by atoms with Gasteiger partial charge in [0.05, 0.1) is 22.7 Å². The molecule has 2 rings (SSSR count). The average Bonchev–Trinajstić information content (AvgIpc) is 2.90. The molecule has 0 aliphatic carbocycles. The summed E-state index contributed by atoms with van der Waals surface area (Å²) in [4.78, 5) is 16.0. The summed E-state index contributed by atoms with van der Waals surface area (Å²) in [6, 6.07) is 4.37. The van der Waals surface area contributed by atoms with Crippen LogP contribution in [0, 0.1) is 13.8 Å². The molecule has 0 unspecified atom stereocenters. The van der Waals surface area contributed by atoms with E-state index < -0.39 is 15.9 Å². The van der Waals surface area contributed by atoms with E-state index in [0.717, 1.165) is 11.1 Å². The number of aromatic nitrogens is 1. The number of sulfonamides is 1. The number of carbonyl (C=O) groups is 1. The molecule has 23 heavy (non-hydrogen) atoms. The number of rotatable bonds is 5. The number of nitrogens with one attached hydrogen (secondary N) is 1. The summed E-state index contributed by atoms with van der Waals surface area (Å²) in [5.74, 6) is -0.154. The number of hydrogen-bond acceptors (Lipinski definition) is 6. The number of benzene rings is 1. The zero-order valence-electron chi connectivity index (χ0n) is 12.9. The van der Waals surface area contributed by atoms with Gasteiger partial charge in [-0.15, -0.1) is 11.3 Å². The molecule has 0 aliphatic rings. The predicted molar refractivity (Wildman–Crippen MR) is 88.9 cm³/mol. The third-order valence-corrected chi connectivity index (χ3v) is 5.09. The molecule has 1 amide bonds. The van der Waals surface area contributed by atoms with Crippen LogP contribution in [0.3, 0.4) is 0 Å². The number of hydrogen-bond donors (Lipinski definition) is 1. The minimum absolute atomic E-state index is 0.00190. The monoisotopic (exact) mass is 352 g/mol. The molecule has 0 fully saturated rings. The highest BCUT2D eigenvalue weighted by Crippen LogP contribution is 2.21. The van der Waals surface area contributed by atoms with E-state index in [4.69, 9.17) is 4.74 Å². The lowest BCUT2D eigenvalue weighted by Crippen LogP contribution is -2.29. The van der Waals surface area contributed by atoms with Crippen molar-refractivity contribution in [1.82, 2.24) is 9.71 Å². The number of methoxy groups -OCH3 is 1. The highest BCUT2D eigenvalue weighted by Gasteiger charge is 2.17. The average molecular weight is 352 g/mol. The zero-order chi connectivity index (χ0) is 17.0. The Hall–Kier alpha value is -2.19. The second-order valence-corrected chi connectivity index (χ2v) is 7.47. The van der Waals surface area contributed by atoms with Crippen LogP contribution in [0.15, 0.2) is 34.6 Å². The van der Waals surface area contributed by atoms with Crippen LogP contribution < -0.4 is 9.46 Å². The highest BCUT2D eigenvalue weighted by molar-refractivity contribution is 7.90. The first-order valence-electron chi connectivity index (χ1n) is 6.63. The van der Waals surface area contributed by atoms with Crippen molar-refractivity contribution in [1.29, 1.82) is 0 Å². The van der Waals surface area contributed by atoms with Gasteiger partial charge in [0.1, 0.15) is 5.75 Å². The topological polar surface area (TPSA) is 85.4 Å². The molecule has 2 aromatic rings. The van der Waals surface area contributed by atoms with Gasteiger partial charge in [0, 0.05) is 11.5 Å². The van der Waals surface area contributed by atoms with Crippen LogP contribution in [0.25, 0.3) is 6.08 Å². The van der Waals surface area contributed by atoms with Crippen molar-refractivity contribution in [3.63, 3.8) is 0 Å². The zero-order valence-corrected chi connectivity index (χ0v) is 14.5. The van der Waals surface area contributed by atoms with Crippen molar-refractivity contribution in [2.45, 2.75) is 18.7 Å². The summed E-state index contributed by atoms with van der Waals surface area (Å²) in [6.45, 7) is 3.57. The fourth-order valence-corrected chi connectivity index (χ4v) is 3.47. The Balaban J connectivity index is 2.12. The van der Waals surface area contributed by atoms with E-state index in [-0.39, 0.29) is 4.90 Å². The molecule has 0 aliphatic heterocycles. The summed E-state index contributed by atoms with van der Waals surface area (Å²) in [5.41, 5.74) is 1.27. The minimum atomic E-state index is -3.93.